The van der Waals surface area contributed by atoms with Crippen molar-refractivity contribution in [1.29, 1.82) is 0 Å². The highest BCUT2D eigenvalue weighted by Crippen LogP contribution is 2.32. The fourth-order valence-corrected chi connectivity index (χ4v) is 3.02. The molecule has 0 saturated carbocycles. The summed E-state index contributed by atoms with van der Waals surface area (Å²) in [5.74, 6) is 0. The number of hydrogen-bond donors (Lipinski definition) is 0. The smallest absolute Gasteiger partial charge is 0.0181 e. The maximum atomic E-state index is 3.57. The van der Waals surface area contributed by atoms with Crippen LogP contribution in [0.2, 0.25) is 0 Å². The molecule has 3 aromatic rings. The van der Waals surface area contributed by atoms with Crippen LogP contribution < -0.4 is 0 Å². The summed E-state index contributed by atoms with van der Waals surface area (Å²) in [7, 11) is 0. The van der Waals surface area contributed by atoms with Crippen LogP contribution in [0.5, 0.6) is 0 Å². The van der Waals surface area contributed by atoms with Crippen LogP contribution in [0.15, 0.2) is 71.2 Å². The molecule has 0 atom stereocenters. The van der Waals surface area contributed by atoms with Crippen LogP contribution in [0, 0.1) is 13.8 Å². The van der Waals surface area contributed by atoms with Gasteiger partial charge in [0.2, 0.25) is 0 Å². The average molecular weight is 337 g/mol. The van der Waals surface area contributed by atoms with E-state index in [1.54, 1.807) is 0 Å². The first-order chi connectivity index (χ1) is 10.1. The monoisotopic (exact) mass is 336 g/mol. The van der Waals surface area contributed by atoms with Gasteiger partial charge in [-0.3, -0.25) is 0 Å². The summed E-state index contributed by atoms with van der Waals surface area (Å²) in [5, 5.41) is 0. The minimum absolute atomic E-state index is 1.12. The van der Waals surface area contributed by atoms with E-state index in [1.165, 1.54) is 33.4 Å². The van der Waals surface area contributed by atoms with E-state index in [9.17, 15) is 0 Å². The molecular weight excluding hydrogens is 320 g/mol. The molecule has 0 bridgehead atoms. The Bertz CT molecular complexity index is 773. The molecule has 0 aliphatic carbocycles. The minimum atomic E-state index is 1.12. The van der Waals surface area contributed by atoms with E-state index < -0.39 is 0 Å². The van der Waals surface area contributed by atoms with Crippen molar-refractivity contribution in [3.63, 3.8) is 0 Å². The lowest BCUT2D eigenvalue weighted by Crippen LogP contribution is -1.88. The van der Waals surface area contributed by atoms with Crippen molar-refractivity contribution < 1.29 is 0 Å². The molecule has 3 aromatic carbocycles. The fraction of sp³-hybridized carbons (Fsp3) is 0.100. The Morgan fingerprint density at radius 1 is 0.619 bits per heavy atom. The first-order valence-corrected chi connectivity index (χ1v) is 7.87. The third-order valence-corrected chi connectivity index (χ3v) is 4.32. The van der Waals surface area contributed by atoms with Gasteiger partial charge in [-0.1, -0.05) is 70.5 Å². The average Bonchev–Trinajstić information content (AvgIpc) is 2.51. The van der Waals surface area contributed by atoms with Crippen molar-refractivity contribution >= 4 is 15.9 Å². The lowest BCUT2D eigenvalue weighted by atomic mass is 9.93. The predicted molar refractivity (Wildman–Crippen MR) is 94.5 cm³/mol. The van der Waals surface area contributed by atoms with Gasteiger partial charge in [-0.15, -0.1) is 0 Å². The van der Waals surface area contributed by atoms with Crippen LogP contribution in [0.1, 0.15) is 11.1 Å². The van der Waals surface area contributed by atoms with Gasteiger partial charge in [0, 0.05) is 4.47 Å². The number of aryl methyl sites for hydroxylation is 2. The molecule has 0 amide bonds. The van der Waals surface area contributed by atoms with Crippen molar-refractivity contribution in [2.75, 3.05) is 0 Å². The summed E-state index contributed by atoms with van der Waals surface area (Å²) >= 11 is 3.57. The second-order valence-electron chi connectivity index (χ2n) is 5.35. The lowest BCUT2D eigenvalue weighted by Gasteiger charge is -2.12. The van der Waals surface area contributed by atoms with E-state index in [0.717, 1.165) is 4.47 Å². The SMILES string of the molecule is Cc1cc(-c2ccccc2)ccc1-c1cc(Br)ccc1C. The Morgan fingerprint density at radius 3 is 2.10 bits per heavy atom. The summed E-state index contributed by atoms with van der Waals surface area (Å²) < 4.78 is 1.12. The van der Waals surface area contributed by atoms with Crippen molar-refractivity contribution in [2.24, 2.45) is 0 Å². The van der Waals surface area contributed by atoms with Gasteiger partial charge in [0.05, 0.1) is 0 Å². The first kappa shape index (κ1) is 14.1. The zero-order chi connectivity index (χ0) is 14.8. The van der Waals surface area contributed by atoms with Crippen LogP contribution in [0.25, 0.3) is 22.3 Å². The highest BCUT2D eigenvalue weighted by Gasteiger charge is 2.07. The Labute approximate surface area is 134 Å². The largest absolute Gasteiger partial charge is 0.0622 e. The first-order valence-electron chi connectivity index (χ1n) is 7.08. The van der Waals surface area contributed by atoms with Gasteiger partial charge in [0.15, 0.2) is 0 Å². The normalized spacial score (nSPS) is 10.6. The van der Waals surface area contributed by atoms with Crippen LogP contribution >= 0.6 is 15.9 Å². The van der Waals surface area contributed by atoms with Crippen LogP contribution in [-0.4, -0.2) is 0 Å². The molecule has 0 radical (unpaired) electrons. The molecule has 0 spiro atoms. The maximum Gasteiger partial charge on any atom is 0.0181 e. The van der Waals surface area contributed by atoms with E-state index in [2.05, 4.69) is 96.5 Å². The van der Waals surface area contributed by atoms with Crippen LogP contribution in [0.3, 0.4) is 0 Å². The quantitative estimate of drug-likeness (QED) is 0.507. The summed E-state index contributed by atoms with van der Waals surface area (Å²) in [6, 6.07) is 23.7. The van der Waals surface area contributed by atoms with Crippen LogP contribution in [-0.2, 0) is 0 Å². The Morgan fingerprint density at radius 2 is 1.38 bits per heavy atom. The highest BCUT2D eigenvalue weighted by molar-refractivity contribution is 9.10. The topological polar surface area (TPSA) is 0 Å². The van der Waals surface area contributed by atoms with Gasteiger partial charge in [-0.05, 0) is 59.4 Å². The fourth-order valence-electron chi connectivity index (χ4n) is 2.66. The van der Waals surface area contributed by atoms with Crippen molar-refractivity contribution in [2.45, 2.75) is 13.8 Å². The molecule has 1 heteroatoms. The molecule has 0 aromatic heterocycles. The Hall–Kier alpha value is -1.86. The van der Waals surface area contributed by atoms with Gasteiger partial charge in [-0.2, -0.15) is 0 Å². The zero-order valence-corrected chi connectivity index (χ0v) is 13.8. The molecule has 0 fully saturated rings. The molecule has 21 heavy (non-hydrogen) atoms. The van der Waals surface area contributed by atoms with Gasteiger partial charge in [0.25, 0.3) is 0 Å². The van der Waals surface area contributed by atoms with E-state index in [0.29, 0.717) is 0 Å². The standard InChI is InChI=1S/C20H17Br/c1-14-8-10-18(21)13-20(14)19-11-9-17(12-15(19)2)16-6-4-3-5-7-16/h3-13H,1-2H3. The molecule has 0 aliphatic heterocycles. The summed E-state index contributed by atoms with van der Waals surface area (Å²) in [5.41, 5.74) is 7.73. The summed E-state index contributed by atoms with van der Waals surface area (Å²) in [6.07, 6.45) is 0. The van der Waals surface area contributed by atoms with Gasteiger partial charge >= 0.3 is 0 Å². The highest BCUT2D eigenvalue weighted by atomic mass is 79.9. The second-order valence-corrected chi connectivity index (χ2v) is 6.27. The van der Waals surface area contributed by atoms with Crippen molar-refractivity contribution in [3.05, 3.63) is 82.3 Å². The zero-order valence-electron chi connectivity index (χ0n) is 12.2. The molecule has 0 nitrogen and oxygen atoms in total. The third kappa shape index (κ3) is 2.93. The van der Waals surface area contributed by atoms with E-state index in [-0.39, 0.29) is 0 Å². The predicted octanol–water partition coefficient (Wildman–Crippen LogP) is 6.40. The lowest BCUT2D eigenvalue weighted by molar-refractivity contribution is 1.40. The molecule has 104 valence electrons. The van der Waals surface area contributed by atoms with Crippen LogP contribution in [0.4, 0.5) is 0 Å². The van der Waals surface area contributed by atoms with Gasteiger partial charge < -0.3 is 0 Å². The second kappa shape index (κ2) is 5.87. The number of halogens is 1. The maximum absolute atomic E-state index is 3.57. The van der Waals surface area contributed by atoms with Gasteiger partial charge in [-0.25, -0.2) is 0 Å². The number of benzene rings is 3. The molecule has 3 rings (SSSR count). The van der Waals surface area contributed by atoms with E-state index >= 15 is 0 Å². The van der Waals surface area contributed by atoms with Crippen molar-refractivity contribution in [3.8, 4) is 22.3 Å². The molecule has 0 N–H and O–H groups in total. The number of hydrogen-bond acceptors (Lipinski definition) is 0. The Kier molecular flexibility index (Phi) is 3.94. The third-order valence-electron chi connectivity index (χ3n) is 3.82. The molecule has 0 heterocycles. The Balaban J connectivity index is 2.08. The summed E-state index contributed by atoms with van der Waals surface area (Å²) in [6.45, 7) is 4.34. The minimum Gasteiger partial charge on any atom is -0.0622 e. The molecule has 0 unspecified atom stereocenters. The molecular formula is C20H17Br. The molecule has 0 aliphatic rings. The van der Waals surface area contributed by atoms with Crippen molar-refractivity contribution in [1.82, 2.24) is 0 Å². The summed E-state index contributed by atoms with van der Waals surface area (Å²) in [4.78, 5) is 0. The van der Waals surface area contributed by atoms with Gasteiger partial charge in [0.1, 0.15) is 0 Å². The van der Waals surface area contributed by atoms with E-state index in [4.69, 9.17) is 0 Å². The number of rotatable bonds is 2. The molecule has 0 saturated heterocycles. The van der Waals surface area contributed by atoms with E-state index in [1.807, 2.05) is 0 Å².